The van der Waals surface area contributed by atoms with Crippen LogP contribution >= 0.6 is 11.3 Å². The first-order chi connectivity index (χ1) is 14.4. The lowest BCUT2D eigenvalue weighted by Crippen LogP contribution is -2.34. The molecule has 0 fully saturated rings. The number of ether oxygens (including phenoxy) is 1. The number of amides is 3. The number of hydrogen-bond acceptors (Lipinski definition) is 5. The van der Waals surface area contributed by atoms with E-state index in [0.717, 1.165) is 17.0 Å². The lowest BCUT2D eigenvalue weighted by molar-refractivity contribution is 0.100. The Balaban J connectivity index is 1.57. The second kappa shape index (κ2) is 6.70. The largest absolute Gasteiger partial charge is 0.461 e. The molecule has 2 aliphatic rings. The fraction of sp³-hybridized carbons (Fsp3) is 0.136. The summed E-state index contributed by atoms with van der Waals surface area (Å²) >= 11 is 1.18. The Morgan fingerprint density at radius 3 is 2.83 bits per heavy atom. The Hall–Kier alpha value is -3.65. The van der Waals surface area contributed by atoms with Gasteiger partial charge in [0, 0.05) is 12.1 Å². The molecule has 1 aliphatic carbocycles. The van der Waals surface area contributed by atoms with Gasteiger partial charge in [0.1, 0.15) is 21.2 Å². The number of urea groups is 1. The number of allylic oxidation sites excluding steroid dienone is 3. The normalized spacial score (nSPS) is 17.3. The molecule has 0 bridgehead atoms. The molecule has 0 spiro atoms. The predicted molar refractivity (Wildman–Crippen MR) is 117 cm³/mol. The number of nitrogens with zero attached hydrogens (tertiary/aromatic N) is 2. The minimum absolute atomic E-state index is 0.236. The van der Waals surface area contributed by atoms with Gasteiger partial charge in [-0.15, -0.1) is 11.3 Å². The van der Waals surface area contributed by atoms with Crippen molar-refractivity contribution in [3.05, 3.63) is 64.9 Å². The lowest BCUT2D eigenvalue weighted by Gasteiger charge is -2.29. The Morgan fingerprint density at radius 2 is 2.13 bits per heavy atom. The molecule has 1 aromatic carbocycles. The molecule has 3 N–H and O–H groups in total. The van der Waals surface area contributed by atoms with Crippen molar-refractivity contribution in [3.63, 3.8) is 0 Å². The van der Waals surface area contributed by atoms with Crippen molar-refractivity contribution in [3.8, 4) is 5.75 Å². The number of benzene rings is 1. The van der Waals surface area contributed by atoms with Crippen LogP contribution in [0.25, 0.3) is 10.2 Å². The van der Waals surface area contributed by atoms with Crippen LogP contribution in [0.3, 0.4) is 0 Å². The number of thiophene rings is 1. The van der Waals surface area contributed by atoms with E-state index in [-0.39, 0.29) is 11.9 Å². The number of aryl methyl sites for hydroxylation is 1. The summed E-state index contributed by atoms with van der Waals surface area (Å²) in [6, 6.07) is 7.02. The van der Waals surface area contributed by atoms with Gasteiger partial charge in [0.15, 0.2) is 0 Å². The van der Waals surface area contributed by atoms with Crippen LogP contribution in [-0.2, 0) is 0 Å². The molecule has 1 aliphatic heterocycles. The lowest BCUT2D eigenvalue weighted by atomic mass is 10.1. The van der Waals surface area contributed by atoms with Crippen molar-refractivity contribution in [2.75, 3.05) is 10.2 Å². The Morgan fingerprint density at radius 1 is 1.30 bits per heavy atom. The van der Waals surface area contributed by atoms with Crippen LogP contribution < -0.4 is 20.7 Å². The maximum atomic E-state index is 13.0. The highest BCUT2D eigenvalue weighted by Crippen LogP contribution is 2.46. The molecule has 0 radical (unpaired) electrons. The summed E-state index contributed by atoms with van der Waals surface area (Å²) in [7, 11) is 0. The number of primary amides is 1. The maximum Gasteiger partial charge on any atom is 0.331 e. The molecule has 8 heteroatoms. The fourth-order valence-corrected chi connectivity index (χ4v) is 4.74. The maximum absolute atomic E-state index is 13.0. The number of anilines is 3. The van der Waals surface area contributed by atoms with Crippen molar-refractivity contribution >= 4 is 50.6 Å². The molecule has 2 aromatic heterocycles. The number of aromatic nitrogens is 1. The van der Waals surface area contributed by atoms with Crippen molar-refractivity contribution in [1.29, 1.82) is 0 Å². The number of carbonyl (C=O) groups excluding carboxylic acids is 2. The molecule has 5 rings (SSSR count). The zero-order chi connectivity index (χ0) is 21.0. The Bertz CT molecular complexity index is 1290. The monoisotopic (exact) mass is 418 g/mol. The van der Waals surface area contributed by atoms with E-state index in [1.807, 2.05) is 37.3 Å². The summed E-state index contributed by atoms with van der Waals surface area (Å²) < 4.78 is 6.00. The average molecular weight is 418 g/mol. The van der Waals surface area contributed by atoms with Crippen LogP contribution in [0.4, 0.5) is 21.9 Å². The average Bonchev–Trinajstić information content (AvgIpc) is 3.28. The molecule has 1 atom stereocenters. The highest BCUT2D eigenvalue weighted by atomic mass is 32.1. The third-order valence-corrected chi connectivity index (χ3v) is 6.34. The fourth-order valence-electron chi connectivity index (χ4n) is 3.77. The van der Waals surface area contributed by atoms with Crippen molar-refractivity contribution in [2.24, 2.45) is 11.7 Å². The number of rotatable bonds is 4. The molecule has 30 heavy (non-hydrogen) atoms. The topological polar surface area (TPSA) is 97.5 Å². The number of nitrogens with two attached hydrogens (primary N) is 1. The van der Waals surface area contributed by atoms with Crippen LogP contribution in [0.2, 0.25) is 0 Å². The van der Waals surface area contributed by atoms with E-state index in [9.17, 15) is 9.59 Å². The third-order valence-electron chi connectivity index (χ3n) is 5.22. The van der Waals surface area contributed by atoms with E-state index in [1.165, 1.54) is 11.3 Å². The summed E-state index contributed by atoms with van der Waals surface area (Å²) in [6.45, 7) is 4.00. The zero-order valence-electron chi connectivity index (χ0n) is 16.3. The van der Waals surface area contributed by atoms with Gasteiger partial charge in [0.25, 0.3) is 5.91 Å². The van der Waals surface area contributed by atoms with E-state index in [0.29, 0.717) is 32.2 Å². The van der Waals surface area contributed by atoms with Gasteiger partial charge in [0.2, 0.25) is 0 Å². The molecule has 0 saturated carbocycles. The van der Waals surface area contributed by atoms with Crippen molar-refractivity contribution in [2.45, 2.75) is 13.8 Å². The van der Waals surface area contributed by atoms with Gasteiger partial charge in [0.05, 0.1) is 22.4 Å². The number of carbonyl (C=O) groups is 2. The van der Waals surface area contributed by atoms with Gasteiger partial charge in [-0.25, -0.2) is 9.78 Å². The molecule has 3 heterocycles. The molecule has 1 unspecified atom stereocenters. The SMILES string of the molecule is Cc1cc(OC2=CC=CC2C)ccc1N1C(=O)Nc2c(C(N)=O)sc3nccc1c23. The molecule has 150 valence electrons. The predicted octanol–water partition coefficient (Wildman–Crippen LogP) is 4.86. The number of hydrogen-bond donors (Lipinski definition) is 2. The Kier molecular flexibility index (Phi) is 4.11. The van der Waals surface area contributed by atoms with Crippen LogP contribution in [0.1, 0.15) is 22.2 Å². The van der Waals surface area contributed by atoms with Crippen LogP contribution in [-0.4, -0.2) is 16.9 Å². The zero-order valence-corrected chi connectivity index (χ0v) is 17.1. The Labute approximate surface area is 176 Å². The first-order valence-electron chi connectivity index (χ1n) is 9.43. The molecular weight excluding hydrogens is 400 g/mol. The minimum Gasteiger partial charge on any atom is -0.461 e. The molecular formula is C22H18N4O3S. The van der Waals surface area contributed by atoms with Gasteiger partial charge >= 0.3 is 6.03 Å². The molecule has 0 saturated heterocycles. The highest BCUT2D eigenvalue weighted by Gasteiger charge is 2.32. The van der Waals surface area contributed by atoms with Crippen molar-refractivity contribution < 1.29 is 14.3 Å². The summed E-state index contributed by atoms with van der Waals surface area (Å²) in [5, 5.41) is 3.53. The summed E-state index contributed by atoms with van der Waals surface area (Å²) in [5.74, 6) is 1.24. The quantitative estimate of drug-likeness (QED) is 0.632. The molecule has 7 nitrogen and oxygen atoms in total. The van der Waals surface area contributed by atoms with Crippen LogP contribution in [0.15, 0.2) is 54.4 Å². The minimum atomic E-state index is -0.588. The van der Waals surface area contributed by atoms with Gasteiger partial charge in [-0.05, 0) is 42.8 Å². The molecule has 3 amide bonds. The van der Waals surface area contributed by atoms with E-state index in [4.69, 9.17) is 10.5 Å². The second-order valence-corrected chi connectivity index (χ2v) is 8.24. The van der Waals surface area contributed by atoms with Crippen LogP contribution in [0, 0.1) is 12.8 Å². The second-order valence-electron chi connectivity index (χ2n) is 7.24. The highest BCUT2D eigenvalue weighted by molar-refractivity contribution is 7.21. The van der Waals surface area contributed by atoms with E-state index >= 15 is 0 Å². The molecule has 3 aromatic rings. The van der Waals surface area contributed by atoms with E-state index < -0.39 is 5.91 Å². The smallest absolute Gasteiger partial charge is 0.331 e. The van der Waals surface area contributed by atoms with Crippen molar-refractivity contribution in [1.82, 2.24) is 4.98 Å². The standard InChI is InChI=1S/C22H18N4O3S/c1-11-4-3-5-16(11)29-13-6-7-14(12(2)10-13)26-15-8-9-24-21-17(15)18(25-22(26)28)19(30-21)20(23)27/h3-11H,1-2H3,(H2,23,27)(H,25,28). The summed E-state index contributed by atoms with van der Waals surface area (Å²) in [4.78, 5) is 31.7. The summed E-state index contributed by atoms with van der Waals surface area (Å²) in [5.41, 5.74) is 8.18. The summed E-state index contributed by atoms with van der Waals surface area (Å²) in [6.07, 6.45) is 7.63. The van der Waals surface area contributed by atoms with E-state index in [2.05, 4.69) is 23.3 Å². The van der Waals surface area contributed by atoms with Gasteiger partial charge in [-0.2, -0.15) is 0 Å². The first-order valence-corrected chi connectivity index (χ1v) is 10.2. The third kappa shape index (κ3) is 2.76. The van der Waals surface area contributed by atoms with Gasteiger partial charge in [-0.1, -0.05) is 19.1 Å². The van der Waals surface area contributed by atoms with E-state index in [1.54, 1.807) is 17.2 Å². The first kappa shape index (κ1) is 18.4. The van der Waals surface area contributed by atoms with Gasteiger partial charge < -0.3 is 15.8 Å². The van der Waals surface area contributed by atoms with Gasteiger partial charge in [-0.3, -0.25) is 9.69 Å². The van der Waals surface area contributed by atoms with Crippen LogP contribution in [0.5, 0.6) is 5.75 Å². The number of pyridine rings is 1. The number of nitrogens with one attached hydrogen (secondary N) is 1.